The molecule has 1 nitrogen and oxygen atoms in total. The Bertz CT molecular complexity index is 186. The number of hydrogen-bond donors (Lipinski definition) is 0. The fourth-order valence-corrected chi connectivity index (χ4v) is 2.11. The summed E-state index contributed by atoms with van der Waals surface area (Å²) in [5, 5.41) is 0. The maximum Gasteiger partial charge on any atom is 0.137 e. The van der Waals surface area contributed by atoms with Crippen LogP contribution in [0.4, 0.5) is 0 Å². The summed E-state index contributed by atoms with van der Waals surface area (Å²) in [4.78, 5) is 10.8. The van der Waals surface area contributed by atoms with Crippen molar-refractivity contribution in [3.63, 3.8) is 0 Å². The van der Waals surface area contributed by atoms with E-state index in [1.54, 1.807) is 6.92 Å². The average molecular weight is 161 g/mol. The van der Waals surface area contributed by atoms with Gasteiger partial charge in [-0.1, -0.05) is 13.8 Å². The molecule has 0 saturated heterocycles. The molecule has 2 heteroatoms. The lowest BCUT2D eigenvalue weighted by Crippen LogP contribution is -2.15. The molecule has 3 atom stereocenters. The van der Waals surface area contributed by atoms with Gasteiger partial charge in [0.25, 0.3) is 0 Å². The van der Waals surface area contributed by atoms with Gasteiger partial charge in [0.05, 0.1) is 4.87 Å². The molecule has 0 radical (unpaired) electrons. The average Bonchev–Trinajstić information content (AvgIpc) is 2.16. The van der Waals surface area contributed by atoms with Crippen LogP contribution in [0, 0.1) is 11.3 Å². The Morgan fingerprint density at radius 2 is 1.80 bits per heavy atom. The van der Waals surface area contributed by atoms with Crippen molar-refractivity contribution >= 4 is 17.4 Å². The molecule has 10 heavy (non-hydrogen) atoms. The van der Waals surface area contributed by atoms with Gasteiger partial charge in [0.1, 0.15) is 5.78 Å². The molecule has 1 saturated carbocycles. The molecule has 0 aromatic carbocycles. The third-order valence-corrected chi connectivity index (χ3v) is 4.06. The first-order chi connectivity index (χ1) is 4.35. The predicted octanol–water partition coefficient (Wildman–Crippen LogP) is 2.23. The van der Waals surface area contributed by atoms with Crippen LogP contribution in [0.25, 0.3) is 0 Å². The summed E-state index contributed by atoms with van der Waals surface area (Å²) in [7, 11) is 0. The largest absolute Gasteiger partial charge is 0.299 e. The highest BCUT2D eigenvalue weighted by molar-refractivity contribution is 6.29. The molecule has 0 spiro atoms. The molecule has 58 valence electrons. The van der Waals surface area contributed by atoms with Gasteiger partial charge in [0, 0.05) is 5.41 Å². The second-order valence-corrected chi connectivity index (χ2v) is 4.34. The topological polar surface area (TPSA) is 17.1 Å². The third kappa shape index (κ3) is 0.619. The minimum absolute atomic E-state index is 0.206. The minimum Gasteiger partial charge on any atom is -0.299 e. The monoisotopic (exact) mass is 160 g/mol. The number of halogens is 1. The molecular weight excluding hydrogens is 148 g/mol. The lowest BCUT2D eigenvalue weighted by molar-refractivity contribution is -0.122. The number of ketones is 1. The molecule has 0 amide bonds. The van der Waals surface area contributed by atoms with Crippen LogP contribution in [-0.4, -0.2) is 10.7 Å². The van der Waals surface area contributed by atoms with E-state index in [0.29, 0.717) is 5.92 Å². The lowest BCUT2D eigenvalue weighted by Gasteiger charge is -2.06. The SMILES string of the molecule is CC(=O)[C@]1(C)[C@@H](C)[C@]1(C)Cl. The van der Waals surface area contributed by atoms with Gasteiger partial charge in [-0.2, -0.15) is 0 Å². The summed E-state index contributed by atoms with van der Waals surface area (Å²) in [5.41, 5.74) is -0.269. The van der Waals surface area contributed by atoms with Gasteiger partial charge in [0.2, 0.25) is 0 Å². The number of carbonyl (C=O) groups is 1. The van der Waals surface area contributed by atoms with Crippen molar-refractivity contribution in [2.45, 2.75) is 32.6 Å². The summed E-state index contributed by atoms with van der Waals surface area (Å²) in [6.07, 6.45) is 0. The fraction of sp³-hybridized carbons (Fsp3) is 0.875. The summed E-state index contributed by atoms with van der Waals surface area (Å²) in [5.74, 6) is 0.525. The fourth-order valence-electron chi connectivity index (χ4n) is 1.65. The molecule has 0 aromatic heterocycles. The Kier molecular flexibility index (Phi) is 1.42. The van der Waals surface area contributed by atoms with Crippen molar-refractivity contribution in [3.8, 4) is 0 Å². The van der Waals surface area contributed by atoms with E-state index in [4.69, 9.17) is 11.6 Å². The number of Topliss-reactive ketones (excluding diaryl/α,β-unsaturated/α-hetero) is 1. The summed E-state index contributed by atoms with van der Waals surface area (Å²) < 4.78 is 0. The summed E-state index contributed by atoms with van der Waals surface area (Å²) >= 11 is 6.07. The standard InChI is InChI=1S/C8H13ClO/c1-5-7(3,6(2)10)8(5,4)9/h5H,1-4H3/t5-,7+,8+/m1/s1. The maximum absolute atomic E-state index is 11.1. The van der Waals surface area contributed by atoms with E-state index in [-0.39, 0.29) is 16.1 Å². The van der Waals surface area contributed by atoms with Crippen molar-refractivity contribution in [2.24, 2.45) is 11.3 Å². The van der Waals surface area contributed by atoms with Gasteiger partial charge < -0.3 is 0 Å². The van der Waals surface area contributed by atoms with Crippen LogP contribution in [0.5, 0.6) is 0 Å². The molecule has 1 aliphatic rings. The van der Waals surface area contributed by atoms with E-state index in [9.17, 15) is 4.79 Å². The molecule has 1 fully saturated rings. The van der Waals surface area contributed by atoms with E-state index in [1.807, 2.05) is 20.8 Å². The maximum atomic E-state index is 11.1. The van der Waals surface area contributed by atoms with Gasteiger partial charge in [-0.05, 0) is 19.8 Å². The van der Waals surface area contributed by atoms with Crippen LogP contribution in [0.3, 0.4) is 0 Å². The minimum atomic E-state index is -0.293. The molecule has 0 bridgehead atoms. The zero-order chi connectivity index (χ0) is 8.15. The first kappa shape index (κ1) is 8.06. The summed E-state index contributed by atoms with van der Waals surface area (Å²) in [6, 6.07) is 0. The van der Waals surface area contributed by atoms with Crippen LogP contribution in [-0.2, 0) is 4.79 Å². The van der Waals surface area contributed by atoms with Gasteiger partial charge in [-0.3, -0.25) is 4.79 Å². The Balaban J connectivity index is 2.88. The van der Waals surface area contributed by atoms with Crippen LogP contribution >= 0.6 is 11.6 Å². The number of carbonyl (C=O) groups excluding carboxylic acids is 1. The van der Waals surface area contributed by atoms with E-state index in [1.165, 1.54) is 0 Å². The van der Waals surface area contributed by atoms with Crippen molar-refractivity contribution in [1.29, 1.82) is 0 Å². The Morgan fingerprint density at radius 1 is 1.50 bits per heavy atom. The molecule has 0 aliphatic heterocycles. The molecule has 1 rings (SSSR count). The zero-order valence-electron chi connectivity index (χ0n) is 6.86. The molecule has 0 N–H and O–H groups in total. The van der Waals surface area contributed by atoms with Crippen molar-refractivity contribution < 1.29 is 4.79 Å². The second-order valence-electron chi connectivity index (χ2n) is 3.56. The number of hydrogen-bond acceptors (Lipinski definition) is 1. The van der Waals surface area contributed by atoms with Crippen LogP contribution < -0.4 is 0 Å². The highest BCUT2D eigenvalue weighted by Gasteiger charge is 2.70. The second kappa shape index (κ2) is 1.76. The first-order valence-corrected chi connectivity index (χ1v) is 3.93. The Morgan fingerprint density at radius 3 is 1.80 bits per heavy atom. The quantitative estimate of drug-likeness (QED) is 0.538. The Labute approximate surface area is 66.8 Å². The number of alkyl halides is 1. The van der Waals surface area contributed by atoms with Gasteiger partial charge in [0.15, 0.2) is 0 Å². The summed E-state index contributed by atoms with van der Waals surface area (Å²) in [6.45, 7) is 7.51. The van der Waals surface area contributed by atoms with Crippen LogP contribution in [0.15, 0.2) is 0 Å². The molecule has 0 heterocycles. The molecular formula is C8H13ClO. The van der Waals surface area contributed by atoms with E-state index >= 15 is 0 Å². The van der Waals surface area contributed by atoms with Crippen molar-refractivity contribution in [2.75, 3.05) is 0 Å². The highest BCUT2D eigenvalue weighted by atomic mass is 35.5. The number of rotatable bonds is 1. The molecule has 1 aliphatic carbocycles. The van der Waals surface area contributed by atoms with E-state index in [0.717, 1.165) is 0 Å². The van der Waals surface area contributed by atoms with E-state index in [2.05, 4.69) is 0 Å². The lowest BCUT2D eigenvalue weighted by atomic mass is 10.0. The van der Waals surface area contributed by atoms with E-state index < -0.39 is 0 Å². The first-order valence-electron chi connectivity index (χ1n) is 3.55. The third-order valence-electron chi connectivity index (χ3n) is 3.34. The zero-order valence-corrected chi connectivity index (χ0v) is 7.62. The van der Waals surface area contributed by atoms with Gasteiger partial charge in [-0.25, -0.2) is 0 Å². The molecule has 0 aromatic rings. The van der Waals surface area contributed by atoms with Crippen molar-refractivity contribution in [1.82, 2.24) is 0 Å². The van der Waals surface area contributed by atoms with Crippen molar-refractivity contribution in [3.05, 3.63) is 0 Å². The Hall–Kier alpha value is -0.0400. The van der Waals surface area contributed by atoms with Crippen LogP contribution in [0.1, 0.15) is 27.7 Å². The predicted molar refractivity (Wildman–Crippen MR) is 42.2 cm³/mol. The smallest absolute Gasteiger partial charge is 0.137 e. The van der Waals surface area contributed by atoms with Gasteiger partial charge >= 0.3 is 0 Å². The normalized spacial score (nSPS) is 52.7. The van der Waals surface area contributed by atoms with Crippen LogP contribution in [0.2, 0.25) is 0 Å². The van der Waals surface area contributed by atoms with Gasteiger partial charge in [-0.15, -0.1) is 11.6 Å². The highest BCUT2D eigenvalue weighted by Crippen LogP contribution is 2.66. The molecule has 0 unspecified atom stereocenters.